The van der Waals surface area contributed by atoms with Gasteiger partial charge in [-0.2, -0.15) is 0 Å². The van der Waals surface area contributed by atoms with Crippen LogP contribution in [0, 0.1) is 23.4 Å². The summed E-state index contributed by atoms with van der Waals surface area (Å²) in [6, 6.07) is 1.58. The molecule has 0 bridgehead atoms. The number of hydrogen-bond acceptors (Lipinski definition) is 0. The fourth-order valence-corrected chi connectivity index (χ4v) is 3.09. The van der Waals surface area contributed by atoms with Gasteiger partial charge in [0.25, 0.3) is 0 Å². The Labute approximate surface area is 106 Å². The highest BCUT2D eigenvalue weighted by molar-refractivity contribution is 5.25. The van der Waals surface area contributed by atoms with E-state index in [1.54, 1.807) is 0 Å². The highest BCUT2D eigenvalue weighted by Gasteiger charge is 2.26. The van der Waals surface area contributed by atoms with Crippen molar-refractivity contribution in [1.82, 2.24) is 0 Å². The molecule has 0 amide bonds. The average Bonchev–Trinajstić information content (AvgIpc) is 2.30. The largest absolute Gasteiger partial charge is 0.207 e. The van der Waals surface area contributed by atoms with Crippen molar-refractivity contribution in [3.05, 3.63) is 35.1 Å². The van der Waals surface area contributed by atoms with Gasteiger partial charge >= 0.3 is 0 Å². The normalized spacial score (nSPS) is 24.2. The minimum atomic E-state index is -0.839. The Morgan fingerprint density at radius 1 is 1.00 bits per heavy atom. The molecule has 0 saturated heterocycles. The van der Waals surface area contributed by atoms with Crippen LogP contribution in [-0.4, -0.2) is 0 Å². The fraction of sp³-hybridized carbons (Fsp3) is 0.600. The maximum Gasteiger partial charge on any atom is 0.132 e. The van der Waals surface area contributed by atoms with Crippen molar-refractivity contribution in [2.24, 2.45) is 5.92 Å². The van der Waals surface area contributed by atoms with E-state index in [2.05, 4.69) is 6.92 Å². The standard InChI is InChI=1S/C15H19F3/c1-2-3-10-4-6-11(7-5-10)15-13(17)8-12(16)9-14(15)18/h8-11H,2-7H2,1H3. The monoisotopic (exact) mass is 256 g/mol. The van der Waals surface area contributed by atoms with Gasteiger partial charge in [0.05, 0.1) is 0 Å². The van der Waals surface area contributed by atoms with Crippen molar-refractivity contribution in [2.75, 3.05) is 0 Å². The van der Waals surface area contributed by atoms with Crippen molar-refractivity contribution in [2.45, 2.75) is 51.4 Å². The molecule has 1 aromatic carbocycles. The van der Waals surface area contributed by atoms with E-state index in [0.29, 0.717) is 5.92 Å². The third-order valence-corrected chi connectivity index (χ3v) is 4.00. The Kier molecular flexibility index (Phi) is 4.31. The molecule has 1 fully saturated rings. The van der Waals surface area contributed by atoms with Crippen molar-refractivity contribution in [3.8, 4) is 0 Å². The summed E-state index contributed by atoms with van der Waals surface area (Å²) in [5.41, 5.74) is 0.0892. The molecule has 0 radical (unpaired) electrons. The second kappa shape index (κ2) is 5.77. The lowest BCUT2D eigenvalue weighted by atomic mass is 9.77. The lowest BCUT2D eigenvalue weighted by Gasteiger charge is -2.29. The van der Waals surface area contributed by atoms with E-state index < -0.39 is 17.5 Å². The zero-order chi connectivity index (χ0) is 13.1. The maximum atomic E-state index is 13.7. The molecule has 100 valence electrons. The maximum absolute atomic E-state index is 13.7. The summed E-state index contributed by atoms with van der Waals surface area (Å²) in [5, 5.41) is 0. The van der Waals surface area contributed by atoms with Crippen LogP contribution in [0.2, 0.25) is 0 Å². The lowest BCUT2D eigenvalue weighted by molar-refractivity contribution is 0.299. The molecule has 1 aliphatic rings. The third kappa shape index (κ3) is 2.88. The first-order valence-electron chi connectivity index (χ1n) is 6.76. The number of halogens is 3. The summed E-state index contributed by atoms with van der Waals surface area (Å²) >= 11 is 0. The van der Waals surface area contributed by atoms with Gasteiger partial charge in [-0.05, 0) is 37.5 Å². The number of rotatable bonds is 3. The summed E-state index contributed by atoms with van der Waals surface area (Å²) in [5.74, 6) is -1.69. The van der Waals surface area contributed by atoms with Crippen LogP contribution in [-0.2, 0) is 0 Å². The van der Waals surface area contributed by atoms with Gasteiger partial charge in [0, 0.05) is 17.7 Å². The molecule has 0 atom stereocenters. The Morgan fingerprint density at radius 3 is 2.06 bits per heavy atom. The van der Waals surface area contributed by atoms with Gasteiger partial charge in [0.15, 0.2) is 0 Å². The Balaban J connectivity index is 2.10. The average molecular weight is 256 g/mol. The predicted octanol–water partition coefficient (Wildman–Crippen LogP) is 5.18. The second-order valence-electron chi connectivity index (χ2n) is 5.29. The van der Waals surface area contributed by atoms with E-state index in [1.165, 1.54) is 6.42 Å². The molecule has 0 unspecified atom stereocenters. The van der Waals surface area contributed by atoms with E-state index in [4.69, 9.17) is 0 Å². The van der Waals surface area contributed by atoms with E-state index in [-0.39, 0.29) is 11.5 Å². The summed E-state index contributed by atoms with van der Waals surface area (Å²) in [6.07, 6.45) is 6.02. The molecule has 1 aromatic rings. The zero-order valence-corrected chi connectivity index (χ0v) is 10.7. The molecule has 0 aliphatic heterocycles. The van der Waals surface area contributed by atoms with Gasteiger partial charge in [0.2, 0.25) is 0 Å². The number of hydrogen-bond donors (Lipinski definition) is 0. The zero-order valence-electron chi connectivity index (χ0n) is 10.7. The van der Waals surface area contributed by atoms with Crippen molar-refractivity contribution in [3.63, 3.8) is 0 Å². The molecule has 2 rings (SSSR count). The third-order valence-electron chi connectivity index (χ3n) is 4.00. The summed E-state index contributed by atoms with van der Waals surface area (Å²) < 4.78 is 40.2. The second-order valence-corrected chi connectivity index (χ2v) is 5.29. The van der Waals surface area contributed by atoms with Crippen molar-refractivity contribution < 1.29 is 13.2 Å². The van der Waals surface area contributed by atoms with E-state index in [0.717, 1.165) is 44.2 Å². The molecule has 1 aliphatic carbocycles. The molecule has 0 aromatic heterocycles. The van der Waals surface area contributed by atoms with Crippen LogP contribution in [0.25, 0.3) is 0 Å². The lowest BCUT2D eigenvalue weighted by Crippen LogP contribution is -2.15. The molecule has 1 saturated carbocycles. The quantitative estimate of drug-likeness (QED) is 0.699. The SMILES string of the molecule is CCCC1CCC(c2c(F)cc(F)cc2F)CC1. The van der Waals surface area contributed by atoms with Crippen LogP contribution in [0.4, 0.5) is 13.2 Å². The molecular formula is C15H19F3. The fourth-order valence-electron chi connectivity index (χ4n) is 3.09. The molecule has 0 nitrogen and oxygen atoms in total. The summed E-state index contributed by atoms with van der Waals surface area (Å²) in [4.78, 5) is 0. The molecular weight excluding hydrogens is 237 g/mol. The Hall–Kier alpha value is -0.990. The predicted molar refractivity (Wildman–Crippen MR) is 65.9 cm³/mol. The van der Waals surface area contributed by atoms with Gasteiger partial charge in [0.1, 0.15) is 17.5 Å². The first-order valence-corrected chi connectivity index (χ1v) is 6.76. The highest BCUT2D eigenvalue weighted by Crippen LogP contribution is 2.39. The minimum absolute atomic E-state index is 0.0845. The minimum Gasteiger partial charge on any atom is -0.207 e. The van der Waals surface area contributed by atoms with Crippen molar-refractivity contribution in [1.29, 1.82) is 0 Å². The molecule has 3 heteroatoms. The summed E-state index contributed by atoms with van der Waals surface area (Å²) in [6.45, 7) is 2.16. The Morgan fingerprint density at radius 2 is 1.56 bits per heavy atom. The van der Waals surface area contributed by atoms with Crippen LogP contribution in [0.5, 0.6) is 0 Å². The molecule has 0 heterocycles. The van der Waals surface area contributed by atoms with Gasteiger partial charge in [-0.25, -0.2) is 13.2 Å². The summed E-state index contributed by atoms with van der Waals surface area (Å²) in [7, 11) is 0. The molecule has 0 spiro atoms. The molecule has 18 heavy (non-hydrogen) atoms. The first-order chi connectivity index (χ1) is 8.61. The van der Waals surface area contributed by atoms with Crippen LogP contribution < -0.4 is 0 Å². The van der Waals surface area contributed by atoms with Gasteiger partial charge in [-0.3, -0.25) is 0 Å². The van der Waals surface area contributed by atoms with E-state index in [1.807, 2.05) is 0 Å². The van der Waals surface area contributed by atoms with Crippen LogP contribution >= 0.6 is 0 Å². The molecule has 0 N–H and O–H groups in total. The number of benzene rings is 1. The van der Waals surface area contributed by atoms with Crippen LogP contribution in [0.15, 0.2) is 12.1 Å². The van der Waals surface area contributed by atoms with Gasteiger partial charge in [-0.15, -0.1) is 0 Å². The van der Waals surface area contributed by atoms with Gasteiger partial charge < -0.3 is 0 Å². The first kappa shape index (κ1) is 13.4. The smallest absolute Gasteiger partial charge is 0.132 e. The Bertz CT molecular complexity index is 383. The van der Waals surface area contributed by atoms with Gasteiger partial charge in [-0.1, -0.05) is 19.8 Å². The van der Waals surface area contributed by atoms with Crippen LogP contribution in [0.3, 0.4) is 0 Å². The van der Waals surface area contributed by atoms with E-state index in [9.17, 15) is 13.2 Å². The van der Waals surface area contributed by atoms with Crippen molar-refractivity contribution >= 4 is 0 Å². The highest BCUT2D eigenvalue weighted by atomic mass is 19.1. The topological polar surface area (TPSA) is 0 Å². The van der Waals surface area contributed by atoms with Crippen LogP contribution in [0.1, 0.15) is 56.9 Å². The van der Waals surface area contributed by atoms with E-state index >= 15 is 0 Å².